The lowest BCUT2D eigenvalue weighted by Crippen LogP contribution is -2.37. The molecule has 1 aromatic rings. The van der Waals surface area contributed by atoms with Gasteiger partial charge in [0.1, 0.15) is 0 Å². The molecular formula is C10H5BrF6. The number of hydrogen-bond donors (Lipinski definition) is 0. The fourth-order valence-electron chi connectivity index (χ4n) is 1.16. The maximum absolute atomic E-state index is 13.1. The molecule has 0 heterocycles. The van der Waals surface area contributed by atoms with Crippen LogP contribution in [0.2, 0.25) is 0 Å². The van der Waals surface area contributed by atoms with Crippen LogP contribution in [0, 0.1) is 0 Å². The fraction of sp³-hybridized carbons (Fsp3) is 0.200. The summed E-state index contributed by atoms with van der Waals surface area (Å²) in [7, 11) is 0. The molecule has 0 fully saturated rings. The van der Waals surface area contributed by atoms with Gasteiger partial charge in [0.25, 0.3) is 0 Å². The Labute approximate surface area is 101 Å². The molecular weight excluding hydrogens is 314 g/mol. The highest BCUT2D eigenvalue weighted by molar-refractivity contribution is 9.11. The van der Waals surface area contributed by atoms with Gasteiger partial charge in [-0.15, -0.1) is 0 Å². The van der Waals surface area contributed by atoms with Crippen LogP contribution in [0.4, 0.5) is 26.3 Å². The standard InChI is InChI=1S/C10H5BrF6/c11-8(12)7(6-4-2-1-3-5-6)9(13,14)10(15,16)17/h1-5H/b8-7-. The van der Waals surface area contributed by atoms with Gasteiger partial charge in [0, 0.05) is 0 Å². The first-order valence-electron chi connectivity index (χ1n) is 4.23. The van der Waals surface area contributed by atoms with Crippen LogP contribution in [-0.4, -0.2) is 12.1 Å². The lowest BCUT2D eigenvalue weighted by atomic mass is 10.0. The maximum atomic E-state index is 13.1. The highest BCUT2D eigenvalue weighted by atomic mass is 79.9. The summed E-state index contributed by atoms with van der Waals surface area (Å²) >= 11 is 2.04. The molecule has 0 N–H and O–H groups in total. The van der Waals surface area contributed by atoms with Gasteiger partial charge in [-0.3, -0.25) is 0 Å². The normalized spacial score (nSPS) is 14.5. The topological polar surface area (TPSA) is 0 Å². The molecule has 0 unspecified atom stereocenters. The third-order valence-electron chi connectivity index (χ3n) is 1.92. The number of rotatable bonds is 2. The van der Waals surface area contributed by atoms with Gasteiger partial charge in [-0.25, -0.2) is 0 Å². The van der Waals surface area contributed by atoms with E-state index in [2.05, 4.69) is 0 Å². The van der Waals surface area contributed by atoms with Crippen LogP contribution in [0.15, 0.2) is 35.1 Å². The Morgan fingerprint density at radius 1 is 0.941 bits per heavy atom. The first kappa shape index (κ1) is 14.1. The minimum atomic E-state index is -5.86. The summed E-state index contributed by atoms with van der Waals surface area (Å²) in [6.45, 7) is 0. The molecule has 0 amide bonds. The second-order valence-electron chi connectivity index (χ2n) is 3.07. The summed E-state index contributed by atoms with van der Waals surface area (Å²) in [4.78, 5) is 0. The molecule has 1 aromatic carbocycles. The summed E-state index contributed by atoms with van der Waals surface area (Å²) in [6.07, 6.45) is -5.86. The lowest BCUT2D eigenvalue weighted by Gasteiger charge is -2.22. The molecule has 1 rings (SSSR count). The van der Waals surface area contributed by atoms with Gasteiger partial charge in [-0.1, -0.05) is 30.3 Å². The van der Waals surface area contributed by atoms with E-state index < -0.39 is 28.0 Å². The summed E-state index contributed by atoms with van der Waals surface area (Å²) in [5.74, 6) is -5.26. The van der Waals surface area contributed by atoms with Crippen LogP contribution < -0.4 is 0 Å². The number of hydrogen-bond acceptors (Lipinski definition) is 0. The van der Waals surface area contributed by atoms with E-state index in [1.54, 1.807) is 0 Å². The monoisotopic (exact) mass is 318 g/mol. The van der Waals surface area contributed by atoms with Crippen molar-refractivity contribution in [1.82, 2.24) is 0 Å². The molecule has 0 aromatic heterocycles. The molecule has 0 radical (unpaired) electrons. The first-order valence-corrected chi connectivity index (χ1v) is 5.03. The van der Waals surface area contributed by atoms with Gasteiger partial charge >= 0.3 is 12.1 Å². The lowest BCUT2D eigenvalue weighted by molar-refractivity contribution is -0.254. The van der Waals surface area contributed by atoms with E-state index in [1.807, 2.05) is 15.9 Å². The van der Waals surface area contributed by atoms with E-state index in [-0.39, 0.29) is 0 Å². The molecule has 7 heteroatoms. The Morgan fingerprint density at radius 3 is 1.76 bits per heavy atom. The molecule has 0 saturated carbocycles. The molecule has 0 saturated heterocycles. The quantitative estimate of drug-likeness (QED) is 0.679. The molecule has 0 aliphatic heterocycles. The Hall–Kier alpha value is -0.980. The predicted molar refractivity (Wildman–Crippen MR) is 54.4 cm³/mol. The first-order chi connectivity index (χ1) is 7.68. The van der Waals surface area contributed by atoms with Crippen LogP contribution in [0.5, 0.6) is 0 Å². The maximum Gasteiger partial charge on any atom is 0.458 e. The summed E-state index contributed by atoms with van der Waals surface area (Å²) in [5.41, 5.74) is -2.27. The molecule has 0 aliphatic rings. The van der Waals surface area contributed by atoms with Gasteiger partial charge in [-0.2, -0.15) is 26.3 Å². The molecule has 94 valence electrons. The van der Waals surface area contributed by atoms with Crippen LogP contribution >= 0.6 is 15.9 Å². The van der Waals surface area contributed by atoms with Crippen molar-refractivity contribution in [3.05, 3.63) is 40.6 Å². The Bertz CT molecular complexity index is 416. The predicted octanol–water partition coefficient (Wildman–Crippen LogP) is 4.92. The van der Waals surface area contributed by atoms with Crippen molar-refractivity contribution in [2.45, 2.75) is 12.1 Å². The molecule has 17 heavy (non-hydrogen) atoms. The zero-order valence-corrected chi connectivity index (χ0v) is 9.62. The van der Waals surface area contributed by atoms with E-state index in [4.69, 9.17) is 0 Å². The summed E-state index contributed by atoms with van der Waals surface area (Å²) in [6, 6.07) is 5.82. The highest BCUT2D eigenvalue weighted by Crippen LogP contribution is 2.47. The van der Waals surface area contributed by atoms with Gasteiger partial charge in [0.2, 0.25) is 0 Å². The van der Waals surface area contributed by atoms with E-state index in [9.17, 15) is 26.3 Å². The minimum Gasteiger partial charge on any atom is -0.198 e. The molecule has 0 bridgehead atoms. The van der Waals surface area contributed by atoms with E-state index in [1.165, 1.54) is 18.2 Å². The van der Waals surface area contributed by atoms with Crippen molar-refractivity contribution < 1.29 is 26.3 Å². The number of alkyl halides is 5. The fourth-order valence-corrected chi connectivity index (χ4v) is 1.63. The Balaban J connectivity index is 3.38. The Kier molecular flexibility index (Phi) is 3.91. The molecule has 0 atom stereocenters. The van der Waals surface area contributed by atoms with Crippen LogP contribution in [0.1, 0.15) is 5.56 Å². The van der Waals surface area contributed by atoms with Crippen LogP contribution in [0.3, 0.4) is 0 Å². The summed E-state index contributed by atoms with van der Waals surface area (Å²) < 4.78 is 73.8. The number of halogens is 7. The second kappa shape index (κ2) is 4.72. The SMILES string of the molecule is F/C(Br)=C(/c1ccccc1)C(F)(F)C(F)(F)F. The van der Waals surface area contributed by atoms with E-state index in [0.29, 0.717) is 0 Å². The van der Waals surface area contributed by atoms with Crippen LogP contribution in [-0.2, 0) is 0 Å². The van der Waals surface area contributed by atoms with Crippen molar-refractivity contribution in [3.63, 3.8) is 0 Å². The second-order valence-corrected chi connectivity index (χ2v) is 3.77. The third-order valence-corrected chi connectivity index (χ3v) is 2.32. The molecule has 0 nitrogen and oxygen atoms in total. The van der Waals surface area contributed by atoms with Gasteiger partial charge in [-0.05, 0) is 21.5 Å². The van der Waals surface area contributed by atoms with E-state index in [0.717, 1.165) is 12.1 Å². The smallest absolute Gasteiger partial charge is 0.198 e. The summed E-state index contributed by atoms with van der Waals surface area (Å²) in [5, 5.41) is 0. The zero-order valence-electron chi connectivity index (χ0n) is 8.03. The largest absolute Gasteiger partial charge is 0.458 e. The van der Waals surface area contributed by atoms with Crippen molar-refractivity contribution in [2.75, 3.05) is 0 Å². The van der Waals surface area contributed by atoms with Gasteiger partial charge in [0.15, 0.2) is 4.74 Å². The van der Waals surface area contributed by atoms with E-state index >= 15 is 0 Å². The average molecular weight is 319 g/mol. The highest BCUT2D eigenvalue weighted by Gasteiger charge is 2.61. The zero-order chi connectivity index (χ0) is 13.3. The average Bonchev–Trinajstić information content (AvgIpc) is 2.16. The minimum absolute atomic E-state index is 0.538. The Morgan fingerprint density at radius 2 is 1.41 bits per heavy atom. The van der Waals surface area contributed by atoms with Crippen molar-refractivity contribution >= 4 is 21.5 Å². The number of benzene rings is 1. The molecule has 0 spiro atoms. The van der Waals surface area contributed by atoms with Gasteiger partial charge in [0.05, 0.1) is 5.57 Å². The van der Waals surface area contributed by atoms with Gasteiger partial charge < -0.3 is 0 Å². The van der Waals surface area contributed by atoms with Crippen molar-refractivity contribution in [1.29, 1.82) is 0 Å². The number of allylic oxidation sites excluding steroid dienone is 1. The van der Waals surface area contributed by atoms with Crippen molar-refractivity contribution in [3.8, 4) is 0 Å². The van der Waals surface area contributed by atoms with Crippen LogP contribution in [0.25, 0.3) is 5.57 Å². The third kappa shape index (κ3) is 2.83. The molecule has 0 aliphatic carbocycles. The van der Waals surface area contributed by atoms with Crippen molar-refractivity contribution in [2.24, 2.45) is 0 Å².